The highest BCUT2D eigenvalue weighted by Gasteiger charge is 2.34. The topological polar surface area (TPSA) is 66.5 Å². The fourth-order valence-corrected chi connectivity index (χ4v) is 1.78. The van der Waals surface area contributed by atoms with E-state index in [4.69, 9.17) is 0 Å². The van der Waals surface area contributed by atoms with E-state index in [1.165, 1.54) is 6.92 Å². The normalized spacial score (nSPS) is 19.3. The molecule has 0 saturated carbocycles. The molecule has 0 aromatic heterocycles. The molecule has 0 spiro atoms. The van der Waals surface area contributed by atoms with Crippen LogP contribution in [0.3, 0.4) is 0 Å². The van der Waals surface area contributed by atoms with Gasteiger partial charge in [0, 0.05) is 0 Å². The summed E-state index contributed by atoms with van der Waals surface area (Å²) in [6, 6.07) is 1.51. The van der Waals surface area contributed by atoms with Crippen LogP contribution >= 0.6 is 0 Å². The first kappa shape index (κ1) is 13.1. The van der Waals surface area contributed by atoms with Crippen LogP contribution in [0.25, 0.3) is 0 Å². The molecule has 1 heterocycles. The van der Waals surface area contributed by atoms with E-state index < -0.39 is 41.0 Å². The van der Waals surface area contributed by atoms with Crippen LogP contribution in [0.1, 0.15) is 17.3 Å². The summed E-state index contributed by atoms with van der Waals surface area (Å²) < 4.78 is 26.5. The molecule has 19 heavy (non-hydrogen) atoms. The molecule has 1 aromatic rings. The van der Waals surface area contributed by atoms with Crippen LogP contribution in [0, 0.1) is 11.6 Å². The molecule has 7 heteroatoms. The Labute approximate surface area is 107 Å². The zero-order chi connectivity index (χ0) is 14.2. The van der Waals surface area contributed by atoms with Gasteiger partial charge in [-0.15, -0.1) is 0 Å². The van der Waals surface area contributed by atoms with Gasteiger partial charge >= 0.3 is 0 Å². The van der Waals surface area contributed by atoms with Crippen molar-refractivity contribution >= 4 is 17.7 Å². The summed E-state index contributed by atoms with van der Waals surface area (Å²) in [6.07, 6.45) is 0. The lowest BCUT2D eigenvalue weighted by Gasteiger charge is -2.31. The van der Waals surface area contributed by atoms with Crippen LogP contribution < -0.4 is 5.32 Å². The smallest absolute Gasteiger partial charge is 0.258 e. The summed E-state index contributed by atoms with van der Waals surface area (Å²) in [5.41, 5.74) is -0.505. The Morgan fingerprint density at radius 2 is 2.05 bits per heavy atom. The second-order valence-electron chi connectivity index (χ2n) is 4.15. The molecule has 0 aliphatic carbocycles. The van der Waals surface area contributed by atoms with Gasteiger partial charge in [0.2, 0.25) is 11.8 Å². The van der Waals surface area contributed by atoms with E-state index in [0.717, 1.165) is 23.1 Å². The summed E-state index contributed by atoms with van der Waals surface area (Å²) >= 11 is 0. The summed E-state index contributed by atoms with van der Waals surface area (Å²) in [6.45, 7) is 1.03. The predicted octanol–water partition coefficient (Wildman–Crippen LogP) is 0.452. The molecule has 1 saturated heterocycles. The van der Waals surface area contributed by atoms with Crippen LogP contribution in [0.15, 0.2) is 18.2 Å². The summed E-state index contributed by atoms with van der Waals surface area (Å²) in [7, 11) is 0. The summed E-state index contributed by atoms with van der Waals surface area (Å²) in [5, 5.41) is 2.05. The maximum absolute atomic E-state index is 13.5. The number of halogens is 2. The van der Waals surface area contributed by atoms with Crippen LogP contribution in [0.2, 0.25) is 0 Å². The highest BCUT2D eigenvalue weighted by Crippen LogP contribution is 2.15. The highest BCUT2D eigenvalue weighted by molar-refractivity contribution is 6.07. The van der Waals surface area contributed by atoms with Gasteiger partial charge in [-0.2, -0.15) is 0 Å². The van der Waals surface area contributed by atoms with Crippen molar-refractivity contribution < 1.29 is 23.2 Å². The minimum atomic E-state index is -0.923. The van der Waals surface area contributed by atoms with Crippen LogP contribution in [0.4, 0.5) is 8.78 Å². The maximum Gasteiger partial charge on any atom is 0.258 e. The number of rotatable bonds is 1. The highest BCUT2D eigenvalue weighted by atomic mass is 19.1. The van der Waals surface area contributed by atoms with Crippen molar-refractivity contribution in [3.63, 3.8) is 0 Å². The summed E-state index contributed by atoms with van der Waals surface area (Å²) in [4.78, 5) is 35.6. The number of imide groups is 1. The molecule has 1 unspecified atom stereocenters. The first-order valence-electron chi connectivity index (χ1n) is 5.50. The quantitative estimate of drug-likeness (QED) is 0.752. The molecular weight excluding hydrogens is 258 g/mol. The van der Waals surface area contributed by atoms with Gasteiger partial charge in [-0.3, -0.25) is 19.7 Å². The Hall–Kier alpha value is -2.31. The molecule has 1 fully saturated rings. The molecule has 2 rings (SSSR count). The number of carbonyl (C=O) groups excluding carboxylic acids is 3. The van der Waals surface area contributed by atoms with Gasteiger partial charge in [0.25, 0.3) is 5.91 Å². The van der Waals surface area contributed by atoms with Gasteiger partial charge in [-0.25, -0.2) is 8.78 Å². The predicted molar refractivity (Wildman–Crippen MR) is 60.0 cm³/mol. The third-order valence-electron chi connectivity index (χ3n) is 2.84. The van der Waals surface area contributed by atoms with Gasteiger partial charge in [0.05, 0.1) is 5.56 Å². The number of amides is 3. The zero-order valence-electron chi connectivity index (χ0n) is 9.94. The van der Waals surface area contributed by atoms with Gasteiger partial charge in [0.15, 0.2) is 0 Å². The number of hydrogen-bond donors (Lipinski definition) is 1. The van der Waals surface area contributed by atoms with Crippen molar-refractivity contribution in [2.75, 3.05) is 6.54 Å². The number of nitrogens with one attached hydrogen (secondary N) is 1. The molecule has 3 amide bonds. The number of hydrogen-bond acceptors (Lipinski definition) is 3. The molecule has 0 bridgehead atoms. The van der Waals surface area contributed by atoms with E-state index in [0.29, 0.717) is 0 Å². The molecule has 1 N–H and O–H groups in total. The van der Waals surface area contributed by atoms with Crippen molar-refractivity contribution in [1.29, 1.82) is 0 Å². The second kappa shape index (κ2) is 4.75. The number of carbonyl (C=O) groups is 3. The molecule has 5 nitrogen and oxygen atoms in total. The molecule has 1 aliphatic heterocycles. The number of nitrogens with zero attached hydrogens (tertiary/aromatic N) is 1. The standard InChI is InChI=1S/C12H10F2N2O3/c1-6-11(18)15-10(17)5-16(6)12(19)8-4-7(13)2-3-9(8)14/h2-4,6H,5H2,1H3,(H,15,17,18). The minimum Gasteiger partial charge on any atom is -0.317 e. The van der Waals surface area contributed by atoms with E-state index >= 15 is 0 Å². The van der Waals surface area contributed by atoms with Crippen molar-refractivity contribution in [3.05, 3.63) is 35.4 Å². The molecule has 0 radical (unpaired) electrons. The zero-order valence-corrected chi connectivity index (χ0v) is 9.94. The maximum atomic E-state index is 13.5. The van der Waals surface area contributed by atoms with Gasteiger partial charge in [0.1, 0.15) is 24.2 Å². The minimum absolute atomic E-state index is 0.373. The Balaban J connectivity index is 2.35. The van der Waals surface area contributed by atoms with Crippen molar-refractivity contribution in [3.8, 4) is 0 Å². The fourth-order valence-electron chi connectivity index (χ4n) is 1.78. The van der Waals surface area contributed by atoms with E-state index in [1.807, 2.05) is 0 Å². The van der Waals surface area contributed by atoms with Crippen LogP contribution in [-0.4, -0.2) is 35.2 Å². The van der Waals surface area contributed by atoms with Gasteiger partial charge in [-0.05, 0) is 25.1 Å². The Bertz CT molecular complexity index is 574. The Kier molecular flexibility index (Phi) is 3.28. The number of benzene rings is 1. The van der Waals surface area contributed by atoms with Crippen LogP contribution in [0.5, 0.6) is 0 Å². The van der Waals surface area contributed by atoms with Crippen molar-refractivity contribution in [2.24, 2.45) is 0 Å². The number of piperazine rings is 1. The van der Waals surface area contributed by atoms with Crippen molar-refractivity contribution in [2.45, 2.75) is 13.0 Å². The van der Waals surface area contributed by atoms with E-state index in [9.17, 15) is 23.2 Å². The SMILES string of the molecule is CC1C(=O)NC(=O)CN1C(=O)c1cc(F)ccc1F. The van der Waals surface area contributed by atoms with E-state index in [2.05, 4.69) is 5.32 Å². The monoisotopic (exact) mass is 268 g/mol. The fraction of sp³-hybridized carbons (Fsp3) is 0.250. The van der Waals surface area contributed by atoms with Crippen molar-refractivity contribution in [1.82, 2.24) is 10.2 Å². The van der Waals surface area contributed by atoms with Crippen LogP contribution in [-0.2, 0) is 9.59 Å². The second-order valence-corrected chi connectivity index (χ2v) is 4.15. The van der Waals surface area contributed by atoms with Gasteiger partial charge < -0.3 is 4.90 Å². The first-order valence-corrected chi connectivity index (χ1v) is 5.50. The summed E-state index contributed by atoms with van der Waals surface area (Å²) in [5.74, 6) is -3.88. The molecule has 1 atom stereocenters. The third kappa shape index (κ3) is 2.44. The largest absolute Gasteiger partial charge is 0.317 e. The average Bonchev–Trinajstić information content (AvgIpc) is 2.36. The molecular formula is C12H10F2N2O3. The first-order chi connectivity index (χ1) is 8.90. The Morgan fingerprint density at radius 1 is 1.37 bits per heavy atom. The Morgan fingerprint density at radius 3 is 2.74 bits per heavy atom. The lowest BCUT2D eigenvalue weighted by Crippen LogP contribution is -2.58. The lowest BCUT2D eigenvalue weighted by atomic mass is 10.1. The molecule has 1 aliphatic rings. The molecule has 100 valence electrons. The van der Waals surface area contributed by atoms with E-state index in [1.54, 1.807) is 0 Å². The average molecular weight is 268 g/mol. The lowest BCUT2D eigenvalue weighted by molar-refractivity contribution is -0.138. The molecule has 1 aromatic carbocycles. The van der Waals surface area contributed by atoms with E-state index in [-0.39, 0.29) is 6.54 Å². The van der Waals surface area contributed by atoms with Gasteiger partial charge in [-0.1, -0.05) is 0 Å². The third-order valence-corrected chi connectivity index (χ3v) is 2.84.